The fourth-order valence-corrected chi connectivity index (χ4v) is 2.55. The van der Waals surface area contributed by atoms with Crippen LogP contribution in [0.3, 0.4) is 0 Å². The minimum absolute atomic E-state index is 0.299. The SMILES string of the molecule is CN(C)CCN(C)C(=O)CC1CCC(CN)CC1. The largest absolute Gasteiger partial charge is 0.344 e. The van der Waals surface area contributed by atoms with Crippen molar-refractivity contribution in [2.24, 2.45) is 17.6 Å². The third-order valence-electron chi connectivity index (χ3n) is 4.07. The van der Waals surface area contributed by atoms with Crippen LogP contribution in [0.5, 0.6) is 0 Å². The van der Waals surface area contributed by atoms with Crippen LogP contribution in [0.4, 0.5) is 0 Å². The van der Waals surface area contributed by atoms with E-state index < -0.39 is 0 Å². The molecular formula is C14H29N3O. The van der Waals surface area contributed by atoms with Crippen molar-refractivity contribution in [1.82, 2.24) is 9.80 Å². The molecule has 0 aromatic heterocycles. The van der Waals surface area contributed by atoms with Crippen LogP contribution < -0.4 is 5.73 Å². The molecule has 18 heavy (non-hydrogen) atoms. The summed E-state index contributed by atoms with van der Waals surface area (Å²) < 4.78 is 0. The van der Waals surface area contributed by atoms with Crippen LogP contribution in [-0.4, -0.2) is 56.5 Å². The molecule has 0 bridgehead atoms. The molecule has 4 heteroatoms. The van der Waals surface area contributed by atoms with Gasteiger partial charge in [0.05, 0.1) is 0 Å². The lowest BCUT2D eigenvalue weighted by atomic mass is 9.80. The highest BCUT2D eigenvalue weighted by Gasteiger charge is 2.23. The summed E-state index contributed by atoms with van der Waals surface area (Å²) in [7, 11) is 5.98. The highest BCUT2D eigenvalue weighted by Crippen LogP contribution is 2.30. The highest BCUT2D eigenvalue weighted by molar-refractivity contribution is 5.76. The van der Waals surface area contributed by atoms with E-state index in [9.17, 15) is 4.79 Å². The summed E-state index contributed by atoms with van der Waals surface area (Å²) in [6.45, 7) is 2.57. The molecular weight excluding hydrogens is 226 g/mol. The van der Waals surface area contributed by atoms with Crippen LogP contribution in [0, 0.1) is 11.8 Å². The smallest absolute Gasteiger partial charge is 0.222 e. The van der Waals surface area contributed by atoms with Gasteiger partial charge in [-0.3, -0.25) is 4.79 Å². The summed E-state index contributed by atoms with van der Waals surface area (Å²) in [6.07, 6.45) is 5.48. The molecule has 1 aliphatic rings. The predicted octanol–water partition coefficient (Wildman–Crippen LogP) is 1.16. The Balaban J connectivity index is 2.23. The molecule has 1 amide bonds. The van der Waals surface area contributed by atoms with Gasteiger partial charge in [-0.1, -0.05) is 0 Å². The van der Waals surface area contributed by atoms with Gasteiger partial charge in [0.1, 0.15) is 0 Å². The zero-order chi connectivity index (χ0) is 13.5. The molecule has 1 aliphatic carbocycles. The lowest BCUT2D eigenvalue weighted by Crippen LogP contribution is -2.35. The maximum Gasteiger partial charge on any atom is 0.222 e. The van der Waals surface area contributed by atoms with E-state index in [0.29, 0.717) is 17.7 Å². The zero-order valence-corrected chi connectivity index (χ0v) is 12.2. The Hall–Kier alpha value is -0.610. The van der Waals surface area contributed by atoms with Crippen molar-refractivity contribution in [3.63, 3.8) is 0 Å². The van der Waals surface area contributed by atoms with Crippen molar-refractivity contribution in [1.29, 1.82) is 0 Å². The van der Waals surface area contributed by atoms with E-state index in [-0.39, 0.29) is 0 Å². The number of carbonyl (C=O) groups excluding carboxylic acids is 1. The normalized spacial score (nSPS) is 24.3. The van der Waals surface area contributed by atoms with E-state index in [1.165, 1.54) is 25.7 Å². The zero-order valence-electron chi connectivity index (χ0n) is 12.2. The molecule has 1 rings (SSSR count). The maximum atomic E-state index is 12.1. The monoisotopic (exact) mass is 255 g/mol. The van der Waals surface area contributed by atoms with E-state index >= 15 is 0 Å². The van der Waals surface area contributed by atoms with Gasteiger partial charge < -0.3 is 15.5 Å². The van der Waals surface area contributed by atoms with E-state index in [2.05, 4.69) is 4.90 Å². The average Bonchev–Trinajstić information content (AvgIpc) is 2.36. The number of nitrogens with two attached hydrogens (primary N) is 1. The fourth-order valence-electron chi connectivity index (χ4n) is 2.55. The lowest BCUT2D eigenvalue weighted by Gasteiger charge is -2.28. The standard InChI is InChI=1S/C14H29N3O/c1-16(2)8-9-17(3)14(18)10-12-4-6-13(11-15)7-5-12/h12-13H,4-11,15H2,1-3H3. The van der Waals surface area contributed by atoms with Gasteiger partial charge >= 0.3 is 0 Å². The Morgan fingerprint density at radius 3 is 2.11 bits per heavy atom. The molecule has 0 saturated heterocycles. The first-order valence-electron chi connectivity index (χ1n) is 7.11. The van der Waals surface area contributed by atoms with Crippen LogP contribution in [0.1, 0.15) is 32.1 Å². The molecule has 0 atom stereocenters. The number of hydrogen-bond acceptors (Lipinski definition) is 3. The summed E-state index contributed by atoms with van der Waals surface area (Å²) in [4.78, 5) is 16.0. The second-order valence-electron chi connectivity index (χ2n) is 5.95. The number of likely N-dealkylation sites (N-methyl/N-ethyl adjacent to an activating group) is 2. The van der Waals surface area contributed by atoms with Crippen LogP contribution in [0.25, 0.3) is 0 Å². The molecule has 4 nitrogen and oxygen atoms in total. The van der Waals surface area contributed by atoms with Gasteiger partial charge in [-0.25, -0.2) is 0 Å². The van der Waals surface area contributed by atoms with Gasteiger partial charge in [0, 0.05) is 26.6 Å². The molecule has 0 aromatic carbocycles. The summed E-state index contributed by atoms with van der Waals surface area (Å²) in [5.74, 6) is 1.58. The van der Waals surface area contributed by atoms with Crippen LogP contribution in [0.2, 0.25) is 0 Å². The number of rotatable bonds is 6. The Labute approximate surface area is 111 Å². The molecule has 1 saturated carbocycles. The molecule has 0 spiro atoms. The van der Waals surface area contributed by atoms with Gasteiger partial charge in [-0.05, 0) is 58.2 Å². The van der Waals surface area contributed by atoms with Gasteiger partial charge in [0.25, 0.3) is 0 Å². The molecule has 1 fully saturated rings. The van der Waals surface area contributed by atoms with Gasteiger partial charge in [-0.2, -0.15) is 0 Å². The van der Waals surface area contributed by atoms with Gasteiger partial charge in [0.15, 0.2) is 0 Å². The summed E-state index contributed by atoms with van der Waals surface area (Å²) in [6, 6.07) is 0. The molecule has 106 valence electrons. The first kappa shape index (κ1) is 15.4. The summed E-state index contributed by atoms with van der Waals surface area (Å²) in [5, 5.41) is 0. The van der Waals surface area contributed by atoms with Crippen LogP contribution in [-0.2, 0) is 4.79 Å². The third-order valence-corrected chi connectivity index (χ3v) is 4.07. The van der Waals surface area contributed by atoms with Crippen molar-refractivity contribution in [2.45, 2.75) is 32.1 Å². The Morgan fingerprint density at radius 1 is 1.06 bits per heavy atom. The number of amides is 1. The summed E-state index contributed by atoms with van der Waals surface area (Å²) in [5.41, 5.74) is 5.69. The van der Waals surface area contributed by atoms with Crippen molar-refractivity contribution >= 4 is 5.91 Å². The molecule has 0 aliphatic heterocycles. The fraction of sp³-hybridized carbons (Fsp3) is 0.929. The molecule has 0 unspecified atom stereocenters. The number of carbonyl (C=O) groups is 1. The highest BCUT2D eigenvalue weighted by atomic mass is 16.2. The van der Waals surface area contributed by atoms with Crippen molar-refractivity contribution in [3.8, 4) is 0 Å². The first-order valence-corrected chi connectivity index (χ1v) is 7.11. The van der Waals surface area contributed by atoms with Crippen LogP contribution in [0.15, 0.2) is 0 Å². The van der Waals surface area contributed by atoms with Crippen molar-refractivity contribution < 1.29 is 4.79 Å². The average molecular weight is 255 g/mol. The minimum atomic E-state index is 0.299. The van der Waals surface area contributed by atoms with E-state index in [4.69, 9.17) is 5.73 Å². The number of nitrogens with zero attached hydrogens (tertiary/aromatic N) is 2. The predicted molar refractivity (Wildman–Crippen MR) is 75.3 cm³/mol. The Bertz CT molecular complexity index is 247. The lowest BCUT2D eigenvalue weighted by molar-refractivity contribution is -0.131. The van der Waals surface area contributed by atoms with Crippen LogP contribution >= 0.6 is 0 Å². The Kier molecular flexibility index (Phi) is 6.65. The third kappa shape index (κ3) is 5.36. The quantitative estimate of drug-likeness (QED) is 0.775. The second-order valence-corrected chi connectivity index (χ2v) is 5.95. The summed E-state index contributed by atoms with van der Waals surface area (Å²) >= 11 is 0. The number of hydrogen-bond donors (Lipinski definition) is 1. The molecule has 0 aromatic rings. The molecule has 2 N–H and O–H groups in total. The van der Waals surface area contributed by atoms with Crippen molar-refractivity contribution in [3.05, 3.63) is 0 Å². The topological polar surface area (TPSA) is 49.6 Å². The van der Waals surface area contributed by atoms with Gasteiger partial charge in [-0.15, -0.1) is 0 Å². The van der Waals surface area contributed by atoms with E-state index in [1.807, 2.05) is 26.0 Å². The van der Waals surface area contributed by atoms with E-state index in [0.717, 1.165) is 26.1 Å². The molecule has 0 radical (unpaired) electrons. The second kappa shape index (κ2) is 7.74. The molecule has 0 heterocycles. The minimum Gasteiger partial charge on any atom is -0.344 e. The first-order chi connectivity index (χ1) is 8.52. The van der Waals surface area contributed by atoms with E-state index in [1.54, 1.807) is 0 Å². The Morgan fingerprint density at radius 2 is 1.61 bits per heavy atom. The van der Waals surface area contributed by atoms with Gasteiger partial charge in [0.2, 0.25) is 5.91 Å². The maximum absolute atomic E-state index is 12.1. The van der Waals surface area contributed by atoms with Crippen molar-refractivity contribution in [2.75, 3.05) is 40.8 Å².